The minimum absolute atomic E-state index is 0.0534. The van der Waals surface area contributed by atoms with Crippen LogP contribution in [-0.4, -0.2) is 36.8 Å². The van der Waals surface area contributed by atoms with E-state index in [0.29, 0.717) is 16.5 Å². The SMILES string of the molecule is CN(C)c1ccc(NC(=O)CSC2=N/C(=C/c3ccccc3)C(=O)N2c2ccc(F)cc2)cc1. The van der Waals surface area contributed by atoms with Crippen LogP contribution in [0.25, 0.3) is 6.08 Å². The molecule has 1 aliphatic rings. The number of carbonyl (C=O) groups excluding carboxylic acids is 2. The Kier molecular flexibility index (Phi) is 7.08. The van der Waals surface area contributed by atoms with Crippen molar-refractivity contribution in [1.29, 1.82) is 0 Å². The van der Waals surface area contributed by atoms with Crippen molar-refractivity contribution in [3.05, 3.63) is 95.9 Å². The first-order valence-corrected chi connectivity index (χ1v) is 11.5. The summed E-state index contributed by atoms with van der Waals surface area (Å²) in [6.07, 6.45) is 1.69. The molecule has 3 aromatic carbocycles. The predicted molar refractivity (Wildman–Crippen MR) is 138 cm³/mol. The number of halogens is 1. The third-order valence-electron chi connectivity index (χ3n) is 5.02. The topological polar surface area (TPSA) is 65.0 Å². The van der Waals surface area contributed by atoms with Crippen LogP contribution in [0.2, 0.25) is 0 Å². The molecule has 8 heteroatoms. The van der Waals surface area contributed by atoms with Crippen LogP contribution < -0.4 is 15.1 Å². The molecule has 0 radical (unpaired) electrons. The fourth-order valence-corrected chi connectivity index (χ4v) is 4.10. The van der Waals surface area contributed by atoms with E-state index < -0.39 is 5.82 Å². The molecule has 4 rings (SSSR count). The number of amides is 2. The Hall–Kier alpha value is -3.91. The van der Waals surface area contributed by atoms with Crippen LogP contribution >= 0.6 is 11.8 Å². The summed E-state index contributed by atoms with van der Waals surface area (Å²) in [4.78, 5) is 33.6. The first kappa shape index (κ1) is 23.3. The molecule has 0 unspecified atom stereocenters. The van der Waals surface area contributed by atoms with Crippen molar-refractivity contribution < 1.29 is 14.0 Å². The summed E-state index contributed by atoms with van der Waals surface area (Å²) in [5.41, 5.74) is 3.27. The second-order valence-corrected chi connectivity index (χ2v) is 8.67. The van der Waals surface area contributed by atoms with Gasteiger partial charge in [-0.25, -0.2) is 9.38 Å². The number of hydrogen-bond donors (Lipinski definition) is 1. The number of aliphatic imine (C=N–C) groups is 1. The summed E-state index contributed by atoms with van der Waals surface area (Å²) in [6, 6.07) is 22.5. The molecule has 1 aliphatic heterocycles. The van der Waals surface area contributed by atoms with Gasteiger partial charge < -0.3 is 10.2 Å². The molecule has 6 nitrogen and oxygen atoms in total. The van der Waals surface area contributed by atoms with E-state index in [9.17, 15) is 14.0 Å². The van der Waals surface area contributed by atoms with E-state index in [-0.39, 0.29) is 23.3 Å². The lowest BCUT2D eigenvalue weighted by Gasteiger charge is -2.17. The maximum Gasteiger partial charge on any atom is 0.283 e. The maximum atomic E-state index is 13.5. The van der Waals surface area contributed by atoms with Crippen LogP contribution in [0.5, 0.6) is 0 Å². The zero-order valence-electron chi connectivity index (χ0n) is 18.7. The molecule has 0 spiro atoms. The highest BCUT2D eigenvalue weighted by Crippen LogP contribution is 2.29. The number of carbonyl (C=O) groups is 2. The Morgan fingerprint density at radius 3 is 2.35 bits per heavy atom. The van der Waals surface area contributed by atoms with Gasteiger partial charge in [-0.2, -0.15) is 0 Å². The summed E-state index contributed by atoms with van der Waals surface area (Å²) in [6.45, 7) is 0. The van der Waals surface area contributed by atoms with Gasteiger partial charge >= 0.3 is 0 Å². The van der Waals surface area contributed by atoms with Crippen LogP contribution in [0, 0.1) is 5.82 Å². The van der Waals surface area contributed by atoms with Crippen molar-refractivity contribution in [2.24, 2.45) is 4.99 Å². The number of benzene rings is 3. The van der Waals surface area contributed by atoms with Crippen molar-refractivity contribution in [2.75, 3.05) is 35.0 Å². The Morgan fingerprint density at radius 2 is 1.71 bits per heavy atom. The largest absolute Gasteiger partial charge is 0.378 e. The molecule has 1 heterocycles. The maximum absolute atomic E-state index is 13.5. The van der Waals surface area contributed by atoms with Gasteiger partial charge in [-0.15, -0.1) is 0 Å². The van der Waals surface area contributed by atoms with E-state index in [4.69, 9.17) is 0 Å². The number of nitrogens with zero attached hydrogens (tertiary/aromatic N) is 3. The van der Waals surface area contributed by atoms with Crippen molar-refractivity contribution in [3.63, 3.8) is 0 Å². The number of hydrogen-bond acceptors (Lipinski definition) is 5. The standard InChI is InChI=1S/C26H23FN4O2S/c1-30(2)21-14-10-20(11-15-21)28-24(32)17-34-26-29-23(16-18-6-4-3-5-7-18)25(33)31(26)22-12-8-19(27)9-13-22/h3-16H,17H2,1-2H3,(H,28,32)/b23-16+. The van der Waals surface area contributed by atoms with Crippen molar-refractivity contribution in [2.45, 2.75) is 0 Å². The molecule has 34 heavy (non-hydrogen) atoms. The number of thioether (sulfide) groups is 1. The Labute approximate surface area is 201 Å². The molecule has 0 saturated heterocycles. The molecule has 172 valence electrons. The average molecular weight is 475 g/mol. The minimum Gasteiger partial charge on any atom is -0.378 e. The first-order chi connectivity index (χ1) is 16.4. The van der Waals surface area contributed by atoms with E-state index in [0.717, 1.165) is 23.0 Å². The fourth-order valence-electron chi connectivity index (χ4n) is 3.29. The van der Waals surface area contributed by atoms with Gasteiger partial charge in [0.25, 0.3) is 5.91 Å². The van der Waals surface area contributed by atoms with Gasteiger partial charge in [0.1, 0.15) is 11.5 Å². The number of amidine groups is 1. The predicted octanol–water partition coefficient (Wildman–Crippen LogP) is 5.01. The molecule has 0 aromatic heterocycles. The van der Waals surface area contributed by atoms with Crippen LogP contribution in [0.3, 0.4) is 0 Å². The van der Waals surface area contributed by atoms with Gasteiger partial charge in [0.2, 0.25) is 5.91 Å². The Morgan fingerprint density at radius 1 is 1.03 bits per heavy atom. The molecule has 0 saturated carbocycles. The van der Waals surface area contributed by atoms with Gasteiger partial charge in [0, 0.05) is 25.5 Å². The minimum atomic E-state index is -0.402. The molecule has 3 aromatic rings. The molecule has 0 fully saturated rings. The molecular weight excluding hydrogens is 451 g/mol. The normalized spacial score (nSPS) is 14.3. The molecule has 0 aliphatic carbocycles. The lowest BCUT2D eigenvalue weighted by atomic mass is 10.2. The molecule has 0 bridgehead atoms. The molecule has 1 N–H and O–H groups in total. The summed E-state index contributed by atoms with van der Waals surface area (Å²) < 4.78 is 13.5. The molecular formula is C26H23FN4O2S. The number of rotatable bonds is 6. The summed E-state index contributed by atoms with van der Waals surface area (Å²) >= 11 is 1.14. The van der Waals surface area contributed by atoms with Crippen LogP contribution in [0.4, 0.5) is 21.5 Å². The third kappa shape index (κ3) is 5.52. The van der Waals surface area contributed by atoms with Gasteiger partial charge in [-0.3, -0.25) is 14.5 Å². The first-order valence-electron chi connectivity index (χ1n) is 10.6. The highest BCUT2D eigenvalue weighted by atomic mass is 32.2. The monoisotopic (exact) mass is 474 g/mol. The average Bonchev–Trinajstić information content (AvgIpc) is 3.14. The van der Waals surface area contributed by atoms with Crippen LogP contribution in [-0.2, 0) is 9.59 Å². The number of anilines is 3. The van der Waals surface area contributed by atoms with Crippen molar-refractivity contribution in [1.82, 2.24) is 0 Å². The van der Waals surface area contributed by atoms with Crippen LogP contribution in [0.15, 0.2) is 89.6 Å². The van der Waals surface area contributed by atoms with Gasteiger partial charge in [-0.05, 0) is 60.2 Å². The third-order valence-corrected chi connectivity index (χ3v) is 5.96. The highest BCUT2D eigenvalue weighted by molar-refractivity contribution is 8.14. The summed E-state index contributed by atoms with van der Waals surface area (Å²) in [5.74, 6) is -0.908. The van der Waals surface area contributed by atoms with Crippen LogP contribution in [0.1, 0.15) is 5.56 Å². The van der Waals surface area contributed by atoms with E-state index in [1.807, 2.05) is 73.6 Å². The van der Waals surface area contributed by atoms with Gasteiger partial charge in [0.05, 0.1) is 11.4 Å². The lowest BCUT2D eigenvalue weighted by molar-refractivity contribution is -0.114. The van der Waals surface area contributed by atoms with E-state index in [1.54, 1.807) is 6.08 Å². The number of nitrogens with one attached hydrogen (secondary N) is 1. The van der Waals surface area contributed by atoms with Gasteiger partial charge in [0.15, 0.2) is 5.17 Å². The quantitative estimate of drug-likeness (QED) is 0.510. The van der Waals surface area contributed by atoms with Crippen molar-refractivity contribution >= 4 is 51.9 Å². The van der Waals surface area contributed by atoms with E-state index in [2.05, 4.69) is 10.3 Å². The van der Waals surface area contributed by atoms with E-state index in [1.165, 1.54) is 29.2 Å². The lowest BCUT2D eigenvalue weighted by Crippen LogP contribution is -2.31. The summed E-state index contributed by atoms with van der Waals surface area (Å²) in [7, 11) is 3.89. The highest BCUT2D eigenvalue weighted by Gasteiger charge is 2.32. The van der Waals surface area contributed by atoms with Crippen molar-refractivity contribution in [3.8, 4) is 0 Å². The smallest absolute Gasteiger partial charge is 0.283 e. The zero-order chi connectivity index (χ0) is 24.1. The fraction of sp³-hybridized carbons (Fsp3) is 0.115. The molecule has 0 atom stereocenters. The second kappa shape index (κ2) is 10.4. The van der Waals surface area contributed by atoms with E-state index >= 15 is 0 Å². The Bertz CT molecular complexity index is 1240. The van der Waals surface area contributed by atoms with Gasteiger partial charge in [-0.1, -0.05) is 42.1 Å². The molecule has 2 amide bonds. The summed E-state index contributed by atoms with van der Waals surface area (Å²) in [5, 5.41) is 3.21. The Balaban J connectivity index is 1.52. The zero-order valence-corrected chi connectivity index (χ0v) is 19.6. The second-order valence-electron chi connectivity index (χ2n) is 7.73.